The predicted molar refractivity (Wildman–Crippen MR) is 79.2 cm³/mol. The van der Waals surface area contributed by atoms with Crippen molar-refractivity contribution in [2.75, 3.05) is 11.9 Å². The molecule has 1 aromatic rings. The van der Waals surface area contributed by atoms with Gasteiger partial charge >= 0.3 is 0 Å². The Labute approximate surface area is 116 Å². The minimum absolute atomic E-state index is 0.117. The first-order valence-electron chi connectivity index (χ1n) is 7.01. The molecule has 106 valence electrons. The first kappa shape index (κ1) is 15.7. The number of aliphatic hydroxyl groups is 1. The Morgan fingerprint density at radius 1 is 1.21 bits per heavy atom. The van der Waals surface area contributed by atoms with E-state index < -0.39 is 0 Å². The van der Waals surface area contributed by atoms with E-state index in [1.165, 1.54) is 5.56 Å². The molecule has 2 N–H and O–H groups in total. The lowest BCUT2D eigenvalue weighted by molar-refractivity contribution is -0.122. The Bertz CT molecular complexity index is 398. The van der Waals surface area contributed by atoms with Crippen molar-refractivity contribution in [1.82, 2.24) is 0 Å². The van der Waals surface area contributed by atoms with Crippen molar-refractivity contribution >= 4 is 11.6 Å². The van der Waals surface area contributed by atoms with Crippen LogP contribution < -0.4 is 5.32 Å². The highest BCUT2D eigenvalue weighted by molar-refractivity contribution is 5.92. The predicted octanol–water partition coefficient (Wildman–Crippen LogP) is 3.40. The monoisotopic (exact) mass is 263 g/mol. The number of carbonyl (C=O) groups is 1. The SMILES string of the molecule is CCC(C)c1ccc(NC(=O)C(CO)C(C)C)cc1. The first-order valence-corrected chi connectivity index (χ1v) is 7.01. The third kappa shape index (κ3) is 4.35. The van der Waals surface area contributed by atoms with Gasteiger partial charge in [0.1, 0.15) is 0 Å². The minimum atomic E-state index is -0.353. The summed E-state index contributed by atoms with van der Waals surface area (Å²) in [5, 5.41) is 12.1. The van der Waals surface area contributed by atoms with Crippen LogP contribution >= 0.6 is 0 Å². The van der Waals surface area contributed by atoms with Gasteiger partial charge in [-0.1, -0.05) is 39.8 Å². The van der Waals surface area contributed by atoms with Gasteiger partial charge in [-0.2, -0.15) is 0 Å². The summed E-state index contributed by atoms with van der Waals surface area (Å²) >= 11 is 0. The van der Waals surface area contributed by atoms with Crippen molar-refractivity contribution < 1.29 is 9.90 Å². The number of anilines is 1. The molecule has 0 aromatic heterocycles. The third-order valence-electron chi connectivity index (χ3n) is 3.70. The Morgan fingerprint density at radius 3 is 2.21 bits per heavy atom. The van der Waals surface area contributed by atoms with Crippen LogP contribution in [0.4, 0.5) is 5.69 Å². The molecule has 0 aliphatic heterocycles. The van der Waals surface area contributed by atoms with Crippen LogP contribution in [0, 0.1) is 11.8 Å². The van der Waals surface area contributed by atoms with Crippen LogP contribution in [0.3, 0.4) is 0 Å². The highest BCUT2D eigenvalue weighted by atomic mass is 16.3. The summed E-state index contributed by atoms with van der Waals surface area (Å²) in [6.07, 6.45) is 1.10. The summed E-state index contributed by atoms with van der Waals surface area (Å²) in [5.41, 5.74) is 2.07. The highest BCUT2D eigenvalue weighted by Gasteiger charge is 2.21. The van der Waals surface area contributed by atoms with Gasteiger partial charge in [-0.25, -0.2) is 0 Å². The third-order valence-corrected chi connectivity index (χ3v) is 3.70. The largest absolute Gasteiger partial charge is 0.396 e. The number of aliphatic hydroxyl groups excluding tert-OH is 1. The van der Waals surface area contributed by atoms with Crippen molar-refractivity contribution in [2.45, 2.75) is 40.0 Å². The smallest absolute Gasteiger partial charge is 0.230 e. The first-order chi connectivity index (χ1) is 8.99. The minimum Gasteiger partial charge on any atom is -0.396 e. The second-order valence-corrected chi connectivity index (χ2v) is 5.45. The Morgan fingerprint density at radius 2 is 1.79 bits per heavy atom. The van der Waals surface area contributed by atoms with Gasteiger partial charge in [-0.3, -0.25) is 4.79 Å². The molecule has 0 bridgehead atoms. The quantitative estimate of drug-likeness (QED) is 0.826. The number of nitrogens with one attached hydrogen (secondary N) is 1. The van der Waals surface area contributed by atoms with Gasteiger partial charge in [0.05, 0.1) is 12.5 Å². The molecule has 2 atom stereocenters. The highest BCUT2D eigenvalue weighted by Crippen LogP contribution is 2.21. The van der Waals surface area contributed by atoms with E-state index >= 15 is 0 Å². The second kappa shape index (κ2) is 7.29. The van der Waals surface area contributed by atoms with Crippen LogP contribution in [-0.2, 0) is 4.79 Å². The van der Waals surface area contributed by atoms with Crippen LogP contribution in [0.25, 0.3) is 0 Å². The van der Waals surface area contributed by atoms with Crippen molar-refractivity contribution in [3.8, 4) is 0 Å². The molecule has 1 amide bonds. The fourth-order valence-electron chi connectivity index (χ4n) is 1.96. The lowest BCUT2D eigenvalue weighted by atomic mass is 9.95. The van der Waals surface area contributed by atoms with E-state index in [-0.39, 0.29) is 24.3 Å². The fraction of sp³-hybridized carbons (Fsp3) is 0.562. The van der Waals surface area contributed by atoms with E-state index in [0.717, 1.165) is 12.1 Å². The van der Waals surface area contributed by atoms with Crippen molar-refractivity contribution in [3.05, 3.63) is 29.8 Å². The Hall–Kier alpha value is -1.35. The van der Waals surface area contributed by atoms with E-state index in [2.05, 4.69) is 19.2 Å². The molecule has 0 heterocycles. The summed E-state index contributed by atoms with van der Waals surface area (Å²) in [6, 6.07) is 7.95. The van der Waals surface area contributed by atoms with Gasteiger partial charge in [0.15, 0.2) is 0 Å². The molecule has 3 nitrogen and oxygen atoms in total. The average molecular weight is 263 g/mol. The van der Waals surface area contributed by atoms with Crippen LogP contribution in [0.1, 0.15) is 45.6 Å². The molecule has 0 aliphatic rings. The van der Waals surface area contributed by atoms with Gasteiger partial charge in [0, 0.05) is 5.69 Å². The Kier molecular flexibility index (Phi) is 6.03. The number of hydrogen-bond acceptors (Lipinski definition) is 2. The van der Waals surface area contributed by atoms with Crippen LogP contribution in [0.5, 0.6) is 0 Å². The molecule has 3 heteroatoms. The van der Waals surface area contributed by atoms with Gasteiger partial charge in [-0.05, 0) is 36.0 Å². The van der Waals surface area contributed by atoms with Gasteiger partial charge < -0.3 is 10.4 Å². The molecule has 0 radical (unpaired) electrons. The summed E-state index contributed by atoms with van der Waals surface area (Å²) in [5.74, 6) is 0.193. The number of rotatable bonds is 6. The number of hydrogen-bond donors (Lipinski definition) is 2. The van der Waals surface area contributed by atoms with Gasteiger partial charge in [0.2, 0.25) is 5.91 Å². The zero-order chi connectivity index (χ0) is 14.4. The van der Waals surface area contributed by atoms with Crippen LogP contribution in [0.2, 0.25) is 0 Å². The molecule has 0 fully saturated rings. The number of carbonyl (C=O) groups excluding carboxylic acids is 1. The summed E-state index contributed by atoms with van der Waals surface area (Å²) < 4.78 is 0. The van der Waals surface area contributed by atoms with E-state index in [4.69, 9.17) is 0 Å². The molecule has 0 saturated carbocycles. The summed E-state index contributed by atoms with van der Waals surface area (Å²) in [7, 11) is 0. The second-order valence-electron chi connectivity index (χ2n) is 5.45. The Balaban J connectivity index is 2.70. The van der Waals surface area contributed by atoms with Gasteiger partial charge in [0.25, 0.3) is 0 Å². The number of amides is 1. The molecule has 0 aliphatic carbocycles. The average Bonchev–Trinajstić information content (AvgIpc) is 2.39. The zero-order valence-corrected chi connectivity index (χ0v) is 12.3. The standard InChI is InChI=1S/C16H25NO2/c1-5-12(4)13-6-8-14(9-7-13)17-16(19)15(10-18)11(2)3/h6-9,11-12,15,18H,5,10H2,1-4H3,(H,17,19). The van der Waals surface area contributed by atoms with Crippen molar-refractivity contribution in [1.29, 1.82) is 0 Å². The van der Waals surface area contributed by atoms with Gasteiger partial charge in [-0.15, -0.1) is 0 Å². The lowest BCUT2D eigenvalue weighted by Crippen LogP contribution is -2.29. The van der Waals surface area contributed by atoms with Crippen LogP contribution in [0.15, 0.2) is 24.3 Å². The van der Waals surface area contributed by atoms with Crippen LogP contribution in [-0.4, -0.2) is 17.6 Å². The molecule has 0 spiro atoms. The van der Waals surface area contributed by atoms with Crippen molar-refractivity contribution in [3.63, 3.8) is 0 Å². The number of benzene rings is 1. The molecule has 19 heavy (non-hydrogen) atoms. The maximum Gasteiger partial charge on any atom is 0.230 e. The van der Waals surface area contributed by atoms with Crippen molar-refractivity contribution in [2.24, 2.45) is 11.8 Å². The molecule has 1 rings (SSSR count). The topological polar surface area (TPSA) is 49.3 Å². The molecular weight excluding hydrogens is 238 g/mol. The molecular formula is C16H25NO2. The fourth-order valence-corrected chi connectivity index (χ4v) is 1.96. The summed E-state index contributed by atoms with van der Waals surface area (Å²) in [6.45, 7) is 8.11. The lowest BCUT2D eigenvalue weighted by Gasteiger charge is -2.18. The maximum absolute atomic E-state index is 12.0. The van der Waals surface area contributed by atoms with E-state index in [1.54, 1.807) is 0 Å². The molecule has 1 aromatic carbocycles. The molecule has 2 unspecified atom stereocenters. The summed E-state index contributed by atoms with van der Waals surface area (Å²) in [4.78, 5) is 12.0. The maximum atomic E-state index is 12.0. The van der Waals surface area contributed by atoms with E-state index in [1.807, 2.05) is 38.1 Å². The normalized spacial score (nSPS) is 14.2. The van der Waals surface area contributed by atoms with E-state index in [9.17, 15) is 9.90 Å². The zero-order valence-electron chi connectivity index (χ0n) is 12.3. The molecule has 0 saturated heterocycles. The van der Waals surface area contributed by atoms with E-state index in [0.29, 0.717) is 5.92 Å².